The van der Waals surface area contributed by atoms with Crippen LogP contribution in [0.4, 0.5) is 0 Å². The second-order valence-corrected chi connectivity index (χ2v) is 8.65. The van der Waals surface area contributed by atoms with Crippen molar-refractivity contribution in [3.63, 3.8) is 0 Å². The van der Waals surface area contributed by atoms with E-state index in [1.54, 1.807) is 4.90 Å². The molecule has 102 valence electrons. The predicted molar refractivity (Wildman–Crippen MR) is 70.1 cm³/mol. The minimum Gasteiger partial charge on any atom is -0.338 e. The number of carbonyl (C=O) groups excluding carboxylic acids is 2. The number of likely N-dealkylation sites (tertiary alicyclic amines) is 1. The molecule has 2 rings (SSSR count). The van der Waals surface area contributed by atoms with Crippen LogP contribution < -0.4 is 0 Å². The van der Waals surface area contributed by atoms with E-state index < -0.39 is 9.84 Å². The van der Waals surface area contributed by atoms with Crippen LogP contribution in [0.2, 0.25) is 0 Å². The van der Waals surface area contributed by atoms with E-state index in [9.17, 15) is 18.0 Å². The van der Waals surface area contributed by atoms with Crippen molar-refractivity contribution in [2.45, 2.75) is 37.5 Å². The summed E-state index contributed by atoms with van der Waals surface area (Å²) < 4.78 is 22.7. The Morgan fingerprint density at radius 1 is 1.33 bits per heavy atom. The van der Waals surface area contributed by atoms with Crippen molar-refractivity contribution in [3.05, 3.63) is 0 Å². The summed E-state index contributed by atoms with van der Waals surface area (Å²) in [6, 6.07) is 0.0404. The second kappa shape index (κ2) is 5.21. The van der Waals surface area contributed by atoms with Gasteiger partial charge in [-0.1, -0.05) is 11.8 Å². The van der Waals surface area contributed by atoms with Gasteiger partial charge in [-0.2, -0.15) is 0 Å². The van der Waals surface area contributed by atoms with E-state index in [0.717, 1.165) is 0 Å². The van der Waals surface area contributed by atoms with Crippen LogP contribution in [-0.2, 0) is 19.4 Å². The van der Waals surface area contributed by atoms with Crippen molar-refractivity contribution < 1.29 is 18.0 Å². The van der Waals surface area contributed by atoms with E-state index in [1.165, 1.54) is 18.7 Å². The van der Waals surface area contributed by atoms with Gasteiger partial charge in [0, 0.05) is 31.2 Å². The summed E-state index contributed by atoms with van der Waals surface area (Å²) >= 11 is 1.21. The molecular formula is C11H17NO4S2. The van der Waals surface area contributed by atoms with Crippen LogP contribution in [0.5, 0.6) is 0 Å². The third kappa shape index (κ3) is 3.26. The van der Waals surface area contributed by atoms with Gasteiger partial charge in [0.2, 0.25) is 5.91 Å². The number of sulfone groups is 1. The van der Waals surface area contributed by atoms with E-state index in [1.807, 2.05) is 0 Å². The molecule has 0 aliphatic carbocycles. The first kappa shape index (κ1) is 13.9. The maximum Gasteiger partial charge on any atom is 0.224 e. The molecule has 0 N–H and O–H groups in total. The van der Waals surface area contributed by atoms with Crippen LogP contribution in [0.3, 0.4) is 0 Å². The van der Waals surface area contributed by atoms with Crippen LogP contribution in [0.15, 0.2) is 0 Å². The van der Waals surface area contributed by atoms with Gasteiger partial charge in [0.05, 0.1) is 11.5 Å². The number of amides is 1. The smallest absolute Gasteiger partial charge is 0.224 e. The van der Waals surface area contributed by atoms with Crippen molar-refractivity contribution in [1.29, 1.82) is 0 Å². The average molecular weight is 291 g/mol. The number of nitrogens with zero attached hydrogens (tertiary/aromatic N) is 1. The largest absolute Gasteiger partial charge is 0.338 e. The van der Waals surface area contributed by atoms with Crippen molar-refractivity contribution >= 4 is 32.6 Å². The average Bonchev–Trinajstić information content (AvgIpc) is 2.58. The Kier molecular flexibility index (Phi) is 4.01. The molecule has 0 bridgehead atoms. The summed E-state index contributed by atoms with van der Waals surface area (Å²) in [4.78, 5) is 24.7. The molecular weight excluding hydrogens is 274 g/mol. The normalized spacial score (nSPS) is 28.6. The van der Waals surface area contributed by atoms with Gasteiger partial charge in [-0.05, 0) is 12.8 Å². The van der Waals surface area contributed by atoms with Crippen LogP contribution in [-0.4, -0.2) is 53.7 Å². The first-order valence-corrected chi connectivity index (χ1v) is 8.74. The molecule has 0 spiro atoms. The Labute approximate surface area is 111 Å². The predicted octanol–water partition coefficient (Wildman–Crippen LogP) is 0.444. The third-order valence-corrected chi connectivity index (χ3v) is 6.12. The fourth-order valence-corrected chi connectivity index (χ4v) is 4.95. The van der Waals surface area contributed by atoms with Gasteiger partial charge in [-0.15, -0.1) is 0 Å². The number of rotatable bonds is 2. The number of hydrogen-bond acceptors (Lipinski definition) is 5. The first-order chi connectivity index (χ1) is 8.37. The van der Waals surface area contributed by atoms with Crippen molar-refractivity contribution in [2.75, 3.05) is 18.1 Å². The molecule has 2 aliphatic rings. The Hall–Kier alpha value is -0.560. The lowest BCUT2D eigenvalue weighted by atomic mass is 10.1. The zero-order valence-corrected chi connectivity index (χ0v) is 11.9. The molecule has 1 atom stereocenters. The molecule has 2 fully saturated rings. The van der Waals surface area contributed by atoms with Gasteiger partial charge in [0.25, 0.3) is 0 Å². The third-order valence-electron chi connectivity index (χ3n) is 3.42. The Morgan fingerprint density at radius 3 is 2.50 bits per heavy atom. The fourth-order valence-electron chi connectivity index (χ4n) is 2.55. The molecule has 0 radical (unpaired) electrons. The van der Waals surface area contributed by atoms with Crippen LogP contribution >= 0.6 is 11.8 Å². The van der Waals surface area contributed by atoms with Crippen molar-refractivity contribution in [1.82, 2.24) is 4.90 Å². The van der Waals surface area contributed by atoms with Gasteiger partial charge in [-0.25, -0.2) is 8.42 Å². The molecule has 1 unspecified atom stereocenters. The highest BCUT2D eigenvalue weighted by molar-refractivity contribution is 8.14. The molecule has 0 aromatic carbocycles. The summed E-state index contributed by atoms with van der Waals surface area (Å²) in [5, 5.41) is 0.0643. The summed E-state index contributed by atoms with van der Waals surface area (Å²) in [5.41, 5.74) is 0. The molecule has 1 amide bonds. The van der Waals surface area contributed by atoms with Crippen LogP contribution in [0.25, 0.3) is 0 Å². The topological polar surface area (TPSA) is 71.5 Å². The fraction of sp³-hybridized carbons (Fsp3) is 0.818. The number of carbonyl (C=O) groups is 2. The molecule has 5 nitrogen and oxygen atoms in total. The van der Waals surface area contributed by atoms with Gasteiger partial charge >= 0.3 is 0 Å². The molecule has 2 heterocycles. The minimum absolute atomic E-state index is 0.0286. The lowest BCUT2D eigenvalue weighted by Gasteiger charge is -2.31. The van der Waals surface area contributed by atoms with E-state index >= 15 is 0 Å². The highest BCUT2D eigenvalue weighted by atomic mass is 32.2. The standard InChI is InChI=1S/C11H17NO4S2/c1-8(13)17-10-6-11(14)12(7-10)9-2-4-18(15,16)5-3-9/h9-10H,2-7H2,1H3. The Balaban J connectivity index is 1.94. The number of hydrogen-bond donors (Lipinski definition) is 0. The Bertz CT molecular complexity index is 446. The van der Waals surface area contributed by atoms with E-state index in [-0.39, 0.29) is 33.8 Å². The van der Waals surface area contributed by atoms with Crippen molar-refractivity contribution in [3.8, 4) is 0 Å². The maximum atomic E-state index is 11.9. The highest BCUT2D eigenvalue weighted by Crippen LogP contribution is 2.29. The monoisotopic (exact) mass is 291 g/mol. The quantitative estimate of drug-likeness (QED) is 0.738. The molecule has 18 heavy (non-hydrogen) atoms. The molecule has 0 aromatic rings. The lowest BCUT2D eigenvalue weighted by Crippen LogP contribution is -2.42. The first-order valence-electron chi connectivity index (χ1n) is 6.04. The SMILES string of the molecule is CC(=O)SC1CC(=O)N(C2CCS(=O)(=O)CC2)C1. The summed E-state index contributed by atoms with van der Waals surface area (Å²) in [5.74, 6) is 0.399. The van der Waals surface area contributed by atoms with Crippen molar-refractivity contribution in [2.24, 2.45) is 0 Å². The van der Waals surface area contributed by atoms with Crippen LogP contribution in [0.1, 0.15) is 26.2 Å². The molecule has 2 saturated heterocycles. The summed E-state index contributed by atoms with van der Waals surface area (Å²) in [6.07, 6.45) is 1.46. The molecule has 7 heteroatoms. The minimum atomic E-state index is -2.89. The summed E-state index contributed by atoms with van der Waals surface area (Å²) in [7, 11) is -2.89. The van der Waals surface area contributed by atoms with Gasteiger partial charge < -0.3 is 4.90 Å². The van der Waals surface area contributed by atoms with E-state index in [2.05, 4.69) is 0 Å². The summed E-state index contributed by atoms with van der Waals surface area (Å²) in [6.45, 7) is 2.08. The maximum absolute atomic E-state index is 11.9. The van der Waals surface area contributed by atoms with E-state index in [4.69, 9.17) is 0 Å². The molecule has 0 saturated carbocycles. The second-order valence-electron chi connectivity index (χ2n) is 4.86. The Morgan fingerprint density at radius 2 is 1.94 bits per heavy atom. The van der Waals surface area contributed by atoms with Gasteiger partial charge in [0.1, 0.15) is 9.84 Å². The molecule has 2 aliphatic heterocycles. The highest BCUT2D eigenvalue weighted by Gasteiger charge is 2.37. The van der Waals surface area contributed by atoms with Gasteiger partial charge in [-0.3, -0.25) is 9.59 Å². The zero-order valence-electron chi connectivity index (χ0n) is 10.3. The van der Waals surface area contributed by atoms with Gasteiger partial charge in [0.15, 0.2) is 5.12 Å². The van der Waals surface area contributed by atoms with E-state index in [0.29, 0.717) is 25.8 Å². The van der Waals surface area contributed by atoms with Crippen LogP contribution in [0, 0.1) is 0 Å². The lowest BCUT2D eigenvalue weighted by molar-refractivity contribution is -0.129. The number of thioether (sulfide) groups is 1. The molecule has 0 aromatic heterocycles. The zero-order chi connectivity index (χ0) is 13.3.